The quantitative estimate of drug-likeness (QED) is 0.215. The third-order valence-corrected chi connectivity index (χ3v) is 8.81. The lowest BCUT2D eigenvalue weighted by atomic mass is 9.81. The van der Waals surface area contributed by atoms with E-state index in [9.17, 15) is 40.3 Å². The molecule has 0 bridgehead atoms. The van der Waals surface area contributed by atoms with Crippen molar-refractivity contribution in [2.45, 2.75) is 69.1 Å². The van der Waals surface area contributed by atoms with Crippen LogP contribution in [0.5, 0.6) is 0 Å². The predicted octanol–water partition coefficient (Wildman–Crippen LogP) is 6.19. The molecule has 1 fully saturated rings. The highest BCUT2D eigenvalue weighted by atomic mass is 19.4. The van der Waals surface area contributed by atoms with Gasteiger partial charge in [0.25, 0.3) is 0 Å². The van der Waals surface area contributed by atoms with Crippen LogP contribution in [0.25, 0.3) is 0 Å². The van der Waals surface area contributed by atoms with Crippen molar-refractivity contribution in [3.05, 3.63) is 106 Å². The third-order valence-electron chi connectivity index (χ3n) is 8.81. The molecule has 5 nitrogen and oxygen atoms in total. The molecule has 3 aromatic carbocycles. The average Bonchev–Trinajstić information content (AvgIpc) is 3.55. The first-order valence-electron chi connectivity index (χ1n) is 14.8. The summed E-state index contributed by atoms with van der Waals surface area (Å²) in [6.07, 6.45) is -10.8. The van der Waals surface area contributed by atoms with Gasteiger partial charge in [0.1, 0.15) is 5.82 Å². The number of carbonyl (C=O) groups excluding carboxylic acids is 2. The monoisotopic (exact) mass is 649 g/mol. The lowest BCUT2D eigenvalue weighted by molar-refractivity contribution is -0.377. The van der Waals surface area contributed by atoms with E-state index in [-0.39, 0.29) is 42.2 Å². The predicted molar refractivity (Wildman–Crippen MR) is 154 cm³/mol. The molecular formula is C34H32F7N2O3+. The zero-order valence-corrected chi connectivity index (χ0v) is 24.9. The Balaban J connectivity index is 1.39. The summed E-state index contributed by atoms with van der Waals surface area (Å²) in [4.78, 5) is 28.8. The molecule has 1 heterocycles. The number of ether oxygens (including phenoxy) is 1. The fourth-order valence-corrected chi connectivity index (χ4v) is 6.35. The van der Waals surface area contributed by atoms with Gasteiger partial charge in [-0.15, -0.1) is 0 Å². The fraction of sp³-hybridized carbons (Fsp3) is 0.382. The molecule has 0 spiro atoms. The number of halogens is 7. The molecule has 3 aromatic rings. The Morgan fingerprint density at radius 2 is 1.57 bits per heavy atom. The van der Waals surface area contributed by atoms with E-state index in [1.807, 2.05) is 0 Å². The third kappa shape index (κ3) is 7.23. The van der Waals surface area contributed by atoms with E-state index in [4.69, 9.17) is 4.74 Å². The highest BCUT2D eigenvalue weighted by Gasteiger charge is 2.52. The van der Waals surface area contributed by atoms with Crippen molar-refractivity contribution in [1.29, 1.82) is 0 Å². The van der Waals surface area contributed by atoms with Gasteiger partial charge in [-0.05, 0) is 68.1 Å². The molecule has 1 aliphatic heterocycles. The normalized spacial score (nSPS) is 24.2. The van der Waals surface area contributed by atoms with E-state index in [0.717, 1.165) is 0 Å². The summed E-state index contributed by atoms with van der Waals surface area (Å²) >= 11 is 0. The van der Waals surface area contributed by atoms with Crippen molar-refractivity contribution in [1.82, 2.24) is 5.32 Å². The summed E-state index contributed by atoms with van der Waals surface area (Å²) in [5, 5.41) is 3.07. The van der Waals surface area contributed by atoms with Gasteiger partial charge in [0.05, 0.1) is 36.3 Å². The van der Waals surface area contributed by atoms with Crippen molar-refractivity contribution in [3.8, 4) is 0 Å². The van der Waals surface area contributed by atoms with Gasteiger partial charge in [-0.1, -0.05) is 42.5 Å². The number of alkyl halides is 6. The molecule has 1 aliphatic carbocycles. The Morgan fingerprint density at radius 1 is 0.957 bits per heavy atom. The minimum atomic E-state index is -5.01. The first kappa shape index (κ1) is 33.5. The van der Waals surface area contributed by atoms with Crippen molar-refractivity contribution >= 4 is 17.4 Å². The van der Waals surface area contributed by atoms with E-state index >= 15 is 0 Å². The lowest BCUT2D eigenvalue weighted by Crippen LogP contribution is -2.79. The van der Waals surface area contributed by atoms with Crippen molar-refractivity contribution in [2.75, 3.05) is 6.54 Å². The summed E-state index contributed by atoms with van der Waals surface area (Å²) < 4.78 is 101. The standard InChI is InChI=1S/C34H31F7N2O3/c1-19(22-14-23(33(36,37)38)16-24(15-22)34(39,40)41)46-29-13-12-26(30(29)21-8-10-25(35)11-9-21)27-17-32(2,31(45)43-27)42-18-28(44)20-6-4-3-5-7-20/h3-11,14-16,19,26,29-30,42H,12-13,17-18H2,1-2H3/p+1/t19-,26+,29?,30+,32-/m1/s1. The van der Waals surface area contributed by atoms with Crippen LogP contribution in [0.2, 0.25) is 0 Å². The number of hydrogen-bond donors (Lipinski definition) is 2. The average molecular weight is 650 g/mol. The zero-order chi connectivity index (χ0) is 33.4. The van der Waals surface area contributed by atoms with Gasteiger partial charge in [0.15, 0.2) is 17.0 Å². The number of Topliss-reactive ketones (excluding diaryl/α,β-unsaturated/α-hetero) is 1. The van der Waals surface area contributed by atoms with Gasteiger partial charge < -0.3 is 4.74 Å². The van der Waals surface area contributed by atoms with Gasteiger partial charge in [0.2, 0.25) is 0 Å². The van der Waals surface area contributed by atoms with E-state index in [2.05, 4.69) is 10.3 Å². The highest BCUT2D eigenvalue weighted by Crippen LogP contribution is 2.46. The number of benzene rings is 3. The Hall–Kier alpha value is -3.90. The molecule has 0 saturated heterocycles. The maximum Gasteiger partial charge on any atom is 0.416 e. The number of carbonyl (C=O) groups is 2. The molecule has 12 heteroatoms. The summed E-state index contributed by atoms with van der Waals surface area (Å²) in [7, 11) is 0. The molecule has 2 aliphatic rings. The second-order valence-corrected chi connectivity index (χ2v) is 12.0. The molecule has 5 rings (SSSR count). The second-order valence-electron chi connectivity index (χ2n) is 12.0. The lowest BCUT2D eigenvalue weighted by Gasteiger charge is -2.28. The molecule has 244 valence electrons. The summed E-state index contributed by atoms with van der Waals surface area (Å²) in [5.41, 5.74) is -2.49. The maximum atomic E-state index is 13.9. The van der Waals surface area contributed by atoms with E-state index < -0.39 is 53.0 Å². The molecular weight excluding hydrogens is 617 g/mol. The first-order chi connectivity index (χ1) is 21.5. The van der Waals surface area contributed by atoms with Crippen LogP contribution >= 0.6 is 0 Å². The van der Waals surface area contributed by atoms with Gasteiger partial charge in [-0.2, -0.15) is 31.3 Å². The van der Waals surface area contributed by atoms with Gasteiger partial charge in [0, 0.05) is 17.4 Å². The van der Waals surface area contributed by atoms with Crippen LogP contribution in [0.1, 0.15) is 77.7 Å². The van der Waals surface area contributed by atoms with Crippen LogP contribution in [0.4, 0.5) is 30.7 Å². The molecule has 2 N–H and O–H groups in total. The molecule has 5 atom stereocenters. The van der Waals surface area contributed by atoms with Crippen molar-refractivity contribution < 1.29 is 50.1 Å². The van der Waals surface area contributed by atoms with Crippen molar-refractivity contribution in [3.63, 3.8) is 0 Å². The summed E-state index contributed by atoms with van der Waals surface area (Å²) in [6, 6.07) is 15.6. The van der Waals surface area contributed by atoms with Crippen LogP contribution < -0.4 is 10.3 Å². The van der Waals surface area contributed by atoms with Crippen LogP contribution in [-0.4, -0.2) is 35.6 Å². The molecule has 0 radical (unpaired) electrons. The van der Waals surface area contributed by atoms with Crippen LogP contribution in [0.15, 0.2) is 72.8 Å². The molecule has 1 unspecified atom stereocenters. The summed E-state index contributed by atoms with van der Waals surface area (Å²) in [6.45, 7) is 2.98. The minimum Gasteiger partial charge on any atom is -0.370 e. The molecule has 0 aromatic heterocycles. The Bertz CT molecular complexity index is 1590. The van der Waals surface area contributed by atoms with E-state index in [0.29, 0.717) is 41.8 Å². The minimum absolute atomic E-state index is 0.0704. The van der Waals surface area contributed by atoms with Crippen LogP contribution in [0.3, 0.4) is 0 Å². The number of amides is 1. The number of ketones is 1. The second kappa shape index (κ2) is 12.7. The van der Waals surface area contributed by atoms with Crippen LogP contribution in [-0.2, 0) is 21.9 Å². The largest absolute Gasteiger partial charge is 0.416 e. The van der Waals surface area contributed by atoms with Crippen LogP contribution in [0, 0.1) is 11.7 Å². The van der Waals surface area contributed by atoms with E-state index in [1.165, 1.54) is 19.1 Å². The Labute approximate surface area is 260 Å². The molecule has 1 saturated carbocycles. The van der Waals surface area contributed by atoms with Gasteiger partial charge >= 0.3 is 18.3 Å². The number of nitrogens with one attached hydrogen (secondary N) is 2. The maximum absolute atomic E-state index is 13.9. The van der Waals surface area contributed by atoms with Gasteiger partial charge in [-0.25, -0.2) is 9.18 Å². The van der Waals surface area contributed by atoms with Gasteiger partial charge in [-0.3, -0.25) is 10.1 Å². The van der Waals surface area contributed by atoms with Crippen molar-refractivity contribution in [2.24, 2.45) is 5.92 Å². The number of rotatable bonds is 9. The smallest absolute Gasteiger partial charge is 0.370 e. The molecule has 1 amide bonds. The Morgan fingerprint density at radius 3 is 2.15 bits per heavy atom. The van der Waals surface area contributed by atoms with E-state index in [1.54, 1.807) is 49.4 Å². The SMILES string of the molecule is C[C@@H](OC1CC[C@@H](C2=[NH+]C(=O)[C@](C)(NCC(=O)c3ccccc3)C2)[C@@H]1c1ccc(F)cc1)c1cc(C(F)(F)F)cc(C(F)(F)F)c1. The number of hydrogen-bond acceptors (Lipinski definition) is 4. The first-order valence-corrected chi connectivity index (χ1v) is 14.8. The topological polar surface area (TPSA) is 69.4 Å². The fourth-order valence-electron chi connectivity index (χ4n) is 6.35. The molecule has 46 heavy (non-hydrogen) atoms. The summed E-state index contributed by atoms with van der Waals surface area (Å²) in [5.74, 6) is -1.87. The zero-order valence-electron chi connectivity index (χ0n) is 24.9. The highest BCUT2D eigenvalue weighted by molar-refractivity contribution is 6.00. The Kier molecular flexibility index (Phi) is 9.25.